The van der Waals surface area contributed by atoms with Crippen LogP contribution in [0.4, 0.5) is 0 Å². The molecule has 19 heavy (non-hydrogen) atoms. The molecule has 4 heteroatoms. The van der Waals surface area contributed by atoms with Gasteiger partial charge in [0, 0.05) is 16.1 Å². The van der Waals surface area contributed by atoms with E-state index < -0.39 is 5.97 Å². The summed E-state index contributed by atoms with van der Waals surface area (Å²) in [5, 5.41) is 9.57. The van der Waals surface area contributed by atoms with E-state index in [0.29, 0.717) is 16.3 Å². The fourth-order valence-electron chi connectivity index (χ4n) is 1.98. The van der Waals surface area contributed by atoms with Crippen molar-refractivity contribution in [1.82, 2.24) is 0 Å². The number of carboxylic acid groups (broad SMARTS) is 1. The van der Waals surface area contributed by atoms with Gasteiger partial charge in [0.15, 0.2) is 0 Å². The Morgan fingerprint density at radius 2 is 1.89 bits per heavy atom. The smallest absolute Gasteiger partial charge is 0.307 e. The monoisotopic (exact) mass is 276 g/mol. The summed E-state index contributed by atoms with van der Waals surface area (Å²) in [5.74, 6) is -0.293. The van der Waals surface area contributed by atoms with E-state index in [2.05, 4.69) is 0 Å². The van der Waals surface area contributed by atoms with Crippen LogP contribution < -0.4 is 4.74 Å². The van der Waals surface area contributed by atoms with Gasteiger partial charge in [-0.3, -0.25) is 4.79 Å². The Morgan fingerprint density at radius 1 is 1.21 bits per heavy atom. The first kappa shape index (κ1) is 13.4. The number of para-hydroxylation sites is 1. The Bertz CT molecular complexity index is 591. The lowest BCUT2D eigenvalue weighted by Crippen LogP contribution is -2.03. The Hall–Kier alpha value is -2.00. The lowest BCUT2D eigenvalue weighted by Gasteiger charge is -2.12. The summed E-state index contributed by atoms with van der Waals surface area (Å²) < 4.78 is 5.37. The van der Waals surface area contributed by atoms with Gasteiger partial charge >= 0.3 is 5.97 Å². The molecule has 0 unspecified atom stereocenters. The van der Waals surface area contributed by atoms with Gasteiger partial charge in [0.05, 0.1) is 13.5 Å². The maximum atomic E-state index is 10.9. The first-order valence-electron chi connectivity index (χ1n) is 5.75. The molecule has 0 aromatic heterocycles. The number of carboxylic acids is 1. The van der Waals surface area contributed by atoms with Crippen molar-refractivity contribution >= 4 is 17.6 Å². The molecule has 0 heterocycles. The first-order chi connectivity index (χ1) is 9.11. The van der Waals surface area contributed by atoms with Gasteiger partial charge in [-0.05, 0) is 17.7 Å². The number of hydrogen-bond acceptors (Lipinski definition) is 2. The molecular formula is C15H13ClO3. The molecule has 0 aliphatic rings. The molecule has 0 saturated heterocycles. The molecule has 0 aliphatic heterocycles. The highest BCUT2D eigenvalue weighted by Gasteiger charge is 2.13. The molecule has 2 aromatic carbocycles. The number of carbonyl (C=O) groups is 1. The number of hydrogen-bond donors (Lipinski definition) is 1. The summed E-state index contributed by atoms with van der Waals surface area (Å²) in [6, 6.07) is 12.8. The number of rotatable bonds is 4. The number of methoxy groups -OCH3 is 1. The topological polar surface area (TPSA) is 46.5 Å². The zero-order valence-electron chi connectivity index (χ0n) is 10.4. The van der Waals surface area contributed by atoms with E-state index >= 15 is 0 Å². The molecule has 0 atom stereocenters. The van der Waals surface area contributed by atoms with E-state index in [4.69, 9.17) is 21.4 Å². The minimum absolute atomic E-state index is 0.0649. The highest BCUT2D eigenvalue weighted by atomic mass is 35.5. The van der Waals surface area contributed by atoms with Gasteiger partial charge in [-0.2, -0.15) is 0 Å². The molecule has 0 aliphatic carbocycles. The number of aliphatic carboxylic acids is 1. The van der Waals surface area contributed by atoms with Gasteiger partial charge in [-0.15, -0.1) is 0 Å². The number of benzene rings is 2. The second-order valence-electron chi connectivity index (χ2n) is 4.08. The van der Waals surface area contributed by atoms with Crippen molar-refractivity contribution in [2.45, 2.75) is 6.42 Å². The van der Waals surface area contributed by atoms with Crippen molar-refractivity contribution in [2.75, 3.05) is 7.11 Å². The first-order valence-corrected chi connectivity index (χ1v) is 6.13. The molecule has 0 fully saturated rings. The van der Waals surface area contributed by atoms with E-state index in [0.717, 1.165) is 11.1 Å². The molecule has 0 amide bonds. The van der Waals surface area contributed by atoms with Crippen molar-refractivity contribution < 1.29 is 14.6 Å². The maximum Gasteiger partial charge on any atom is 0.307 e. The minimum Gasteiger partial charge on any atom is -0.496 e. The van der Waals surface area contributed by atoms with Crippen molar-refractivity contribution in [2.24, 2.45) is 0 Å². The third-order valence-electron chi connectivity index (χ3n) is 2.80. The summed E-state index contributed by atoms with van der Waals surface area (Å²) in [4.78, 5) is 10.9. The van der Waals surface area contributed by atoms with Crippen molar-refractivity contribution in [3.05, 3.63) is 53.1 Å². The molecule has 2 aromatic rings. The Labute approximate surface area is 116 Å². The van der Waals surface area contributed by atoms with E-state index in [-0.39, 0.29) is 6.42 Å². The standard InChI is InChI=1S/C15H13ClO3/c1-19-15-11(9-14(17)18)3-2-4-13(15)10-5-7-12(16)8-6-10/h2-8H,9H2,1H3,(H,17,18). The molecule has 98 valence electrons. The van der Waals surface area contributed by atoms with Crippen LogP contribution in [0.1, 0.15) is 5.56 Å². The van der Waals surface area contributed by atoms with Crippen LogP contribution >= 0.6 is 11.6 Å². The van der Waals surface area contributed by atoms with Crippen molar-refractivity contribution in [3.63, 3.8) is 0 Å². The fraction of sp³-hybridized carbons (Fsp3) is 0.133. The van der Waals surface area contributed by atoms with Crippen molar-refractivity contribution in [1.29, 1.82) is 0 Å². The highest BCUT2D eigenvalue weighted by molar-refractivity contribution is 6.30. The van der Waals surface area contributed by atoms with E-state index in [1.165, 1.54) is 0 Å². The van der Waals surface area contributed by atoms with E-state index in [9.17, 15) is 4.79 Å². The molecule has 0 bridgehead atoms. The minimum atomic E-state index is -0.883. The highest BCUT2D eigenvalue weighted by Crippen LogP contribution is 2.33. The molecule has 0 spiro atoms. The largest absolute Gasteiger partial charge is 0.496 e. The molecule has 2 rings (SSSR count). The maximum absolute atomic E-state index is 10.9. The van der Waals surface area contributed by atoms with E-state index in [1.807, 2.05) is 24.3 Å². The van der Waals surface area contributed by atoms with Crippen LogP contribution in [0.5, 0.6) is 5.75 Å². The van der Waals surface area contributed by atoms with Gasteiger partial charge in [-0.1, -0.05) is 41.9 Å². The van der Waals surface area contributed by atoms with Crippen LogP contribution in [0.3, 0.4) is 0 Å². The fourth-order valence-corrected chi connectivity index (χ4v) is 2.11. The lowest BCUT2D eigenvalue weighted by molar-refractivity contribution is -0.136. The zero-order chi connectivity index (χ0) is 13.8. The van der Waals surface area contributed by atoms with Gasteiger partial charge in [0.25, 0.3) is 0 Å². The normalized spacial score (nSPS) is 10.2. The third-order valence-corrected chi connectivity index (χ3v) is 3.05. The number of ether oxygens (including phenoxy) is 1. The molecule has 3 nitrogen and oxygen atoms in total. The molecule has 0 saturated carbocycles. The predicted octanol–water partition coefficient (Wildman–Crippen LogP) is 3.64. The Morgan fingerprint density at radius 3 is 2.47 bits per heavy atom. The van der Waals surface area contributed by atoms with Gasteiger partial charge in [0.1, 0.15) is 5.75 Å². The van der Waals surface area contributed by atoms with Gasteiger partial charge < -0.3 is 9.84 Å². The second-order valence-corrected chi connectivity index (χ2v) is 4.51. The molecular weight excluding hydrogens is 264 g/mol. The number of halogens is 1. The third kappa shape index (κ3) is 3.06. The van der Waals surface area contributed by atoms with Gasteiger partial charge in [0.2, 0.25) is 0 Å². The second kappa shape index (κ2) is 5.76. The van der Waals surface area contributed by atoms with Crippen LogP contribution in [0.25, 0.3) is 11.1 Å². The zero-order valence-corrected chi connectivity index (χ0v) is 11.1. The van der Waals surface area contributed by atoms with Gasteiger partial charge in [-0.25, -0.2) is 0 Å². The predicted molar refractivity (Wildman–Crippen MR) is 74.8 cm³/mol. The summed E-state index contributed by atoms with van der Waals surface area (Å²) in [6.45, 7) is 0. The van der Waals surface area contributed by atoms with E-state index in [1.54, 1.807) is 25.3 Å². The Kier molecular flexibility index (Phi) is 4.07. The summed E-state index contributed by atoms with van der Waals surface area (Å²) >= 11 is 5.86. The summed E-state index contributed by atoms with van der Waals surface area (Å²) in [6.07, 6.45) is -0.0649. The average molecular weight is 277 g/mol. The lowest BCUT2D eigenvalue weighted by atomic mass is 10.00. The molecule has 1 N–H and O–H groups in total. The van der Waals surface area contributed by atoms with Crippen LogP contribution in [0, 0.1) is 0 Å². The Balaban J connectivity index is 2.50. The van der Waals surface area contributed by atoms with Crippen molar-refractivity contribution in [3.8, 4) is 16.9 Å². The van der Waals surface area contributed by atoms with Crippen LogP contribution in [0.15, 0.2) is 42.5 Å². The van der Waals surface area contributed by atoms with Crippen LogP contribution in [-0.2, 0) is 11.2 Å². The quantitative estimate of drug-likeness (QED) is 0.927. The summed E-state index contributed by atoms with van der Waals surface area (Å²) in [7, 11) is 1.54. The average Bonchev–Trinajstić information content (AvgIpc) is 2.38. The molecule has 0 radical (unpaired) electrons. The SMILES string of the molecule is COc1c(CC(=O)O)cccc1-c1ccc(Cl)cc1. The summed E-state index contributed by atoms with van der Waals surface area (Å²) in [5.41, 5.74) is 2.45. The van der Waals surface area contributed by atoms with Crippen LogP contribution in [-0.4, -0.2) is 18.2 Å². The van der Waals surface area contributed by atoms with Crippen LogP contribution in [0.2, 0.25) is 5.02 Å².